The summed E-state index contributed by atoms with van der Waals surface area (Å²) in [5.74, 6) is 0. The zero-order valence-electron chi connectivity index (χ0n) is 30.2. The number of aryl methyl sites for hydroxylation is 1. The molecule has 2 rings (SSSR count). The molecule has 0 spiro atoms. The Kier molecular flexibility index (Phi) is 22.0. The van der Waals surface area contributed by atoms with Crippen molar-refractivity contribution in [2.24, 2.45) is 0 Å². The second kappa shape index (κ2) is 24.4. The molecule has 15 nitrogen and oxygen atoms in total. The van der Waals surface area contributed by atoms with Crippen LogP contribution in [0.1, 0.15) is 154 Å². The van der Waals surface area contributed by atoms with Crippen molar-refractivity contribution >= 4 is 23.5 Å². The van der Waals surface area contributed by atoms with Crippen LogP contribution in [0.3, 0.4) is 0 Å². The Labute approximate surface area is 297 Å². The van der Waals surface area contributed by atoms with Crippen LogP contribution < -0.4 is 11.2 Å². The van der Waals surface area contributed by atoms with Crippen molar-refractivity contribution in [3.8, 4) is 0 Å². The Morgan fingerprint density at radius 3 is 1.76 bits per heavy atom. The number of hydrogen-bond acceptors (Lipinski definition) is 11. The van der Waals surface area contributed by atoms with Crippen LogP contribution in [0.2, 0.25) is 0 Å². The SMILES string of the molecule is CCCCCCCCCCCCCCCCCCOP(=O)(OCCCC)OP(=O)(O)OP(=O)(O)OC[C@@H]1CC[C@H](n2cc(C)c(=O)[nH]c2=O)O1. The second-order valence-corrected chi connectivity index (χ2v) is 17.8. The summed E-state index contributed by atoms with van der Waals surface area (Å²) in [5, 5.41) is 0. The lowest BCUT2D eigenvalue weighted by atomic mass is 10.0. The lowest BCUT2D eigenvalue weighted by Crippen LogP contribution is -2.33. The summed E-state index contributed by atoms with van der Waals surface area (Å²) in [6.45, 7) is 4.92. The van der Waals surface area contributed by atoms with Gasteiger partial charge in [-0.25, -0.2) is 18.5 Å². The number of unbranched alkanes of at least 4 members (excludes halogenated alkanes) is 16. The van der Waals surface area contributed by atoms with Crippen LogP contribution >= 0.6 is 23.5 Å². The van der Waals surface area contributed by atoms with E-state index in [0.29, 0.717) is 37.7 Å². The van der Waals surface area contributed by atoms with Gasteiger partial charge in [-0.05, 0) is 32.6 Å². The van der Waals surface area contributed by atoms with Crippen molar-refractivity contribution in [1.82, 2.24) is 9.55 Å². The number of nitrogens with one attached hydrogen (secondary N) is 1. The zero-order chi connectivity index (χ0) is 36.9. The number of ether oxygens (including phenoxy) is 1. The lowest BCUT2D eigenvalue weighted by Gasteiger charge is -2.22. The van der Waals surface area contributed by atoms with Crippen LogP contribution in [0.4, 0.5) is 0 Å². The molecule has 0 aromatic carbocycles. The number of phosphoric acid groups is 3. The summed E-state index contributed by atoms with van der Waals surface area (Å²) in [5.41, 5.74) is -0.904. The molecule has 50 heavy (non-hydrogen) atoms. The van der Waals surface area contributed by atoms with Crippen LogP contribution in [-0.4, -0.2) is 45.3 Å². The first-order chi connectivity index (χ1) is 23.8. The molecule has 18 heteroatoms. The molecular weight excluding hydrogens is 713 g/mol. The van der Waals surface area contributed by atoms with E-state index in [1.807, 2.05) is 6.92 Å². The minimum Gasteiger partial charge on any atom is -0.352 e. The predicted octanol–water partition coefficient (Wildman–Crippen LogP) is 8.98. The quantitative estimate of drug-likeness (QED) is 0.0494. The molecule has 1 aliphatic rings. The van der Waals surface area contributed by atoms with Crippen molar-refractivity contribution in [1.29, 1.82) is 0 Å². The van der Waals surface area contributed by atoms with E-state index in [1.165, 1.54) is 88.3 Å². The third-order valence-corrected chi connectivity index (χ3v) is 13.1. The highest BCUT2D eigenvalue weighted by atomic mass is 31.3. The van der Waals surface area contributed by atoms with Gasteiger partial charge in [0.25, 0.3) is 5.56 Å². The average molecular weight is 775 g/mol. The minimum atomic E-state index is -5.49. The third kappa shape index (κ3) is 19.2. The molecule has 0 radical (unpaired) electrons. The van der Waals surface area contributed by atoms with Crippen LogP contribution in [-0.2, 0) is 40.6 Å². The van der Waals surface area contributed by atoms with E-state index < -0.39 is 53.7 Å². The summed E-state index contributed by atoms with van der Waals surface area (Å²) >= 11 is 0. The van der Waals surface area contributed by atoms with Gasteiger partial charge in [0.2, 0.25) is 0 Å². The highest BCUT2D eigenvalue weighted by molar-refractivity contribution is 7.67. The highest BCUT2D eigenvalue weighted by Gasteiger charge is 2.44. The fraction of sp³-hybridized carbons (Fsp3) is 0.875. The van der Waals surface area contributed by atoms with E-state index in [2.05, 4.69) is 16.2 Å². The van der Waals surface area contributed by atoms with E-state index in [1.54, 1.807) is 0 Å². The number of phosphoric ester groups is 2. The molecule has 1 saturated heterocycles. The molecule has 3 unspecified atom stereocenters. The van der Waals surface area contributed by atoms with Crippen LogP contribution in [0.5, 0.6) is 0 Å². The number of hydrogen-bond donors (Lipinski definition) is 3. The van der Waals surface area contributed by atoms with Gasteiger partial charge in [0, 0.05) is 11.8 Å². The summed E-state index contributed by atoms with van der Waals surface area (Å²) < 4.78 is 69.7. The van der Waals surface area contributed by atoms with Crippen LogP contribution in [0.15, 0.2) is 15.8 Å². The smallest absolute Gasteiger partial charge is 0.352 e. The molecular formula is C32H61N2O13P3. The van der Waals surface area contributed by atoms with Gasteiger partial charge in [0.15, 0.2) is 0 Å². The highest BCUT2D eigenvalue weighted by Crippen LogP contribution is 2.69. The molecule has 1 aliphatic heterocycles. The molecule has 1 aromatic rings. The summed E-state index contributed by atoms with van der Waals surface area (Å²) in [4.78, 5) is 46.3. The number of H-pyrrole nitrogens is 1. The Bertz CT molecular complexity index is 1360. The molecule has 2 heterocycles. The Morgan fingerprint density at radius 1 is 0.720 bits per heavy atom. The van der Waals surface area contributed by atoms with Gasteiger partial charge in [-0.3, -0.25) is 27.9 Å². The average Bonchev–Trinajstić information content (AvgIpc) is 3.51. The maximum absolute atomic E-state index is 13.2. The first kappa shape index (κ1) is 45.2. The van der Waals surface area contributed by atoms with Crippen molar-refractivity contribution in [2.45, 2.75) is 162 Å². The standard InChI is InChI=1S/C32H61N2O13P3/c1-4-6-8-9-10-11-12-13-14-15-16-17-18-19-20-21-25-43-50(41,42-24-7-5-2)47-49(39,40)46-48(37,38)44-27-29-22-23-30(45-29)34-26-28(3)31(35)33-32(34)36/h26,29-30H,4-25,27H2,1-3H3,(H,37,38)(H,39,40)(H,33,35,36)/t29-,30+,50?/m0/s1. The maximum Gasteiger partial charge on any atom is 0.490 e. The molecule has 0 saturated carbocycles. The number of nitrogens with zero attached hydrogens (tertiary/aromatic N) is 1. The van der Waals surface area contributed by atoms with E-state index in [-0.39, 0.29) is 13.2 Å². The van der Waals surface area contributed by atoms with E-state index in [4.69, 9.17) is 22.6 Å². The van der Waals surface area contributed by atoms with Crippen molar-refractivity contribution in [3.63, 3.8) is 0 Å². The Hall–Kier alpha value is -0.950. The zero-order valence-corrected chi connectivity index (χ0v) is 32.9. The third-order valence-electron chi connectivity index (χ3n) is 8.37. The molecule has 1 fully saturated rings. The van der Waals surface area contributed by atoms with Gasteiger partial charge in [-0.15, -0.1) is 0 Å². The lowest BCUT2D eigenvalue weighted by molar-refractivity contribution is -0.0244. The van der Waals surface area contributed by atoms with Crippen molar-refractivity contribution in [2.75, 3.05) is 19.8 Å². The van der Waals surface area contributed by atoms with Crippen LogP contribution in [0, 0.1) is 6.92 Å². The number of aromatic nitrogens is 2. The van der Waals surface area contributed by atoms with Gasteiger partial charge in [0.1, 0.15) is 6.23 Å². The first-order valence-electron chi connectivity index (χ1n) is 18.4. The van der Waals surface area contributed by atoms with Gasteiger partial charge < -0.3 is 14.5 Å². The Morgan fingerprint density at radius 2 is 1.22 bits per heavy atom. The van der Waals surface area contributed by atoms with E-state index in [0.717, 1.165) is 25.7 Å². The largest absolute Gasteiger partial charge is 0.490 e. The van der Waals surface area contributed by atoms with Crippen LogP contribution in [0.25, 0.3) is 0 Å². The van der Waals surface area contributed by atoms with E-state index in [9.17, 15) is 33.1 Å². The normalized spacial score (nSPS) is 20.0. The van der Waals surface area contributed by atoms with Gasteiger partial charge >= 0.3 is 29.2 Å². The molecule has 3 N–H and O–H groups in total. The molecule has 0 bridgehead atoms. The summed E-state index contributed by atoms with van der Waals surface area (Å²) in [7, 11) is -15.4. The molecule has 1 aromatic heterocycles. The summed E-state index contributed by atoms with van der Waals surface area (Å²) in [6.07, 6.45) is 20.5. The predicted molar refractivity (Wildman–Crippen MR) is 191 cm³/mol. The summed E-state index contributed by atoms with van der Waals surface area (Å²) in [6, 6.07) is 0. The second-order valence-electron chi connectivity index (χ2n) is 12.9. The monoisotopic (exact) mass is 774 g/mol. The fourth-order valence-electron chi connectivity index (χ4n) is 5.52. The van der Waals surface area contributed by atoms with Gasteiger partial charge in [-0.1, -0.05) is 117 Å². The molecule has 0 amide bonds. The number of aromatic amines is 1. The van der Waals surface area contributed by atoms with Crippen molar-refractivity contribution in [3.05, 3.63) is 32.6 Å². The fourth-order valence-corrected chi connectivity index (χ4v) is 9.66. The first-order valence-corrected chi connectivity index (χ1v) is 22.8. The van der Waals surface area contributed by atoms with Gasteiger partial charge in [-0.2, -0.15) is 8.62 Å². The molecule has 0 aliphatic carbocycles. The molecule has 5 atom stereocenters. The van der Waals surface area contributed by atoms with Crippen molar-refractivity contribution < 1.29 is 50.4 Å². The Balaban J connectivity index is 1.69. The topological polar surface area (TPSA) is 202 Å². The molecule has 292 valence electrons. The number of rotatable bonds is 30. The van der Waals surface area contributed by atoms with Gasteiger partial charge in [0.05, 0.1) is 25.9 Å². The maximum atomic E-state index is 13.2. The van der Waals surface area contributed by atoms with E-state index >= 15 is 0 Å². The minimum absolute atomic E-state index is 0.0762.